The highest BCUT2D eigenvalue weighted by Gasteiger charge is 2.28. The summed E-state index contributed by atoms with van der Waals surface area (Å²) in [6, 6.07) is 0. The average molecular weight is 207 g/mol. The number of hydrogen-bond donors (Lipinski definition) is 0. The Balaban J connectivity index is 2.85. The summed E-state index contributed by atoms with van der Waals surface area (Å²) in [5.74, 6) is -0.500. The van der Waals surface area contributed by atoms with Gasteiger partial charge in [0.05, 0.1) is 0 Å². The standard InChI is InChI=1S/C9H12F3NO/c1-13-5-3-2-4-7(8(13)14)6-9(10,11)12/h6H,2-5H2,1H3/b7-6+. The van der Waals surface area contributed by atoms with E-state index >= 15 is 0 Å². The normalized spacial score (nSPS) is 22.7. The molecule has 14 heavy (non-hydrogen) atoms. The quantitative estimate of drug-likeness (QED) is 0.557. The van der Waals surface area contributed by atoms with Crippen LogP contribution >= 0.6 is 0 Å². The summed E-state index contributed by atoms with van der Waals surface area (Å²) in [6.45, 7) is 0.536. The first-order valence-electron chi connectivity index (χ1n) is 4.44. The maximum absolute atomic E-state index is 12.0. The maximum Gasteiger partial charge on any atom is 0.410 e. The highest BCUT2D eigenvalue weighted by Crippen LogP contribution is 2.23. The second-order valence-corrected chi connectivity index (χ2v) is 3.40. The first-order chi connectivity index (χ1) is 6.40. The molecule has 0 spiro atoms. The van der Waals surface area contributed by atoms with E-state index in [0.29, 0.717) is 13.0 Å². The van der Waals surface area contributed by atoms with E-state index in [1.165, 1.54) is 11.9 Å². The van der Waals surface area contributed by atoms with E-state index in [0.717, 1.165) is 6.42 Å². The molecule has 0 aromatic rings. The first-order valence-corrected chi connectivity index (χ1v) is 4.44. The third kappa shape index (κ3) is 3.05. The van der Waals surface area contributed by atoms with Crippen molar-refractivity contribution in [1.82, 2.24) is 4.90 Å². The van der Waals surface area contributed by atoms with Crippen LogP contribution in [0.15, 0.2) is 11.6 Å². The van der Waals surface area contributed by atoms with E-state index in [1.807, 2.05) is 0 Å². The zero-order valence-electron chi connectivity index (χ0n) is 7.90. The second-order valence-electron chi connectivity index (χ2n) is 3.40. The van der Waals surface area contributed by atoms with Gasteiger partial charge in [-0.1, -0.05) is 0 Å². The van der Waals surface area contributed by atoms with Gasteiger partial charge in [-0.2, -0.15) is 13.2 Å². The molecular formula is C9H12F3NO. The van der Waals surface area contributed by atoms with E-state index in [9.17, 15) is 18.0 Å². The predicted molar refractivity (Wildman–Crippen MR) is 45.6 cm³/mol. The fraction of sp³-hybridized carbons (Fsp3) is 0.667. The molecule has 0 N–H and O–H groups in total. The fourth-order valence-electron chi connectivity index (χ4n) is 1.45. The zero-order chi connectivity index (χ0) is 10.8. The van der Waals surface area contributed by atoms with Gasteiger partial charge in [0, 0.05) is 25.2 Å². The maximum atomic E-state index is 12.0. The lowest BCUT2D eigenvalue weighted by Crippen LogP contribution is -2.27. The molecule has 1 saturated heterocycles. The summed E-state index contributed by atoms with van der Waals surface area (Å²) >= 11 is 0. The molecule has 1 aliphatic rings. The van der Waals surface area contributed by atoms with E-state index in [2.05, 4.69) is 0 Å². The number of nitrogens with zero attached hydrogens (tertiary/aromatic N) is 1. The molecule has 0 aromatic carbocycles. The minimum absolute atomic E-state index is 0.122. The molecule has 0 bridgehead atoms. The van der Waals surface area contributed by atoms with Gasteiger partial charge in [0.2, 0.25) is 5.91 Å². The Morgan fingerprint density at radius 3 is 2.57 bits per heavy atom. The first kappa shape index (κ1) is 11.1. The molecule has 5 heteroatoms. The molecule has 2 nitrogen and oxygen atoms in total. The summed E-state index contributed by atoms with van der Waals surface area (Å²) < 4.78 is 36.1. The lowest BCUT2D eigenvalue weighted by atomic mass is 10.1. The third-order valence-electron chi connectivity index (χ3n) is 2.15. The van der Waals surface area contributed by atoms with Crippen molar-refractivity contribution in [3.05, 3.63) is 11.6 Å². The van der Waals surface area contributed by atoms with Crippen molar-refractivity contribution >= 4 is 5.91 Å². The summed E-state index contributed by atoms with van der Waals surface area (Å²) in [4.78, 5) is 12.7. The number of likely N-dealkylation sites (N-methyl/N-ethyl adjacent to an activating group) is 1. The average Bonchev–Trinajstić information content (AvgIpc) is 2.17. The number of likely N-dealkylation sites (tertiary alicyclic amines) is 1. The molecule has 1 fully saturated rings. The molecule has 0 atom stereocenters. The lowest BCUT2D eigenvalue weighted by Gasteiger charge is -2.14. The number of alkyl halides is 3. The molecule has 1 amide bonds. The van der Waals surface area contributed by atoms with Crippen LogP contribution in [-0.4, -0.2) is 30.6 Å². The van der Waals surface area contributed by atoms with E-state index in [4.69, 9.17) is 0 Å². The number of allylic oxidation sites excluding steroid dienone is 1. The van der Waals surface area contributed by atoms with Gasteiger partial charge in [0.1, 0.15) is 0 Å². The highest BCUT2D eigenvalue weighted by molar-refractivity contribution is 5.93. The highest BCUT2D eigenvalue weighted by atomic mass is 19.4. The van der Waals surface area contributed by atoms with Gasteiger partial charge in [-0.25, -0.2) is 0 Å². The van der Waals surface area contributed by atoms with Crippen LogP contribution in [-0.2, 0) is 4.79 Å². The van der Waals surface area contributed by atoms with Gasteiger partial charge < -0.3 is 4.90 Å². The minimum Gasteiger partial charge on any atom is -0.342 e. The van der Waals surface area contributed by atoms with Gasteiger partial charge in [0.25, 0.3) is 0 Å². The fourth-order valence-corrected chi connectivity index (χ4v) is 1.45. The minimum atomic E-state index is -4.39. The monoisotopic (exact) mass is 207 g/mol. The van der Waals surface area contributed by atoms with Crippen molar-refractivity contribution in [2.24, 2.45) is 0 Å². The summed E-state index contributed by atoms with van der Waals surface area (Å²) in [6.07, 6.45) is -2.65. The predicted octanol–water partition coefficient (Wildman–Crippen LogP) is 2.12. The molecule has 0 saturated carbocycles. The van der Waals surface area contributed by atoms with E-state index in [-0.39, 0.29) is 18.1 Å². The SMILES string of the molecule is CN1CCCC/C(=C\C(F)(F)F)C1=O. The molecule has 1 heterocycles. The van der Waals surface area contributed by atoms with Crippen LogP contribution in [0.25, 0.3) is 0 Å². The summed E-state index contributed by atoms with van der Waals surface area (Å²) in [5.41, 5.74) is -0.127. The second kappa shape index (κ2) is 4.02. The Labute approximate surface area is 80.4 Å². The smallest absolute Gasteiger partial charge is 0.342 e. The van der Waals surface area contributed by atoms with Crippen LogP contribution in [0.1, 0.15) is 19.3 Å². The molecule has 1 aliphatic heterocycles. The number of hydrogen-bond acceptors (Lipinski definition) is 1. The number of amides is 1. The van der Waals surface area contributed by atoms with Crippen LogP contribution < -0.4 is 0 Å². The van der Waals surface area contributed by atoms with Gasteiger partial charge in [0.15, 0.2) is 0 Å². The summed E-state index contributed by atoms with van der Waals surface area (Å²) in [7, 11) is 1.53. The van der Waals surface area contributed by atoms with Gasteiger partial charge >= 0.3 is 6.18 Å². The van der Waals surface area contributed by atoms with Crippen LogP contribution in [0.2, 0.25) is 0 Å². The zero-order valence-corrected chi connectivity index (χ0v) is 7.90. The Hall–Kier alpha value is -1.00. The Bertz CT molecular complexity index is 257. The van der Waals surface area contributed by atoms with Crippen molar-refractivity contribution < 1.29 is 18.0 Å². The lowest BCUT2D eigenvalue weighted by molar-refractivity contribution is -0.126. The Morgan fingerprint density at radius 1 is 1.36 bits per heavy atom. The molecular weight excluding hydrogens is 195 g/mol. The number of carbonyl (C=O) groups excluding carboxylic acids is 1. The van der Waals surface area contributed by atoms with Crippen LogP contribution in [0, 0.1) is 0 Å². The van der Waals surface area contributed by atoms with E-state index < -0.39 is 12.1 Å². The van der Waals surface area contributed by atoms with Crippen molar-refractivity contribution in [2.45, 2.75) is 25.4 Å². The third-order valence-corrected chi connectivity index (χ3v) is 2.15. The number of carbonyl (C=O) groups is 1. The van der Waals surface area contributed by atoms with Crippen molar-refractivity contribution in [3.63, 3.8) is 0 Å². The molecule has 0 radical (unpaired) electrons. The molecule has 0 aliphatic carbocycles. The largest absolute Gasteiger partial charge is 0.410 e. The molecule has 0 unspecified atom stereocenters. The Morgan fingerprint density at radius 2 is 2.00 bits per heavy atom. The summed E-state index contributed by atoms with van der Waals surface area (Å²) in [5, 5.41) is 0. The van der Waals surface area contributed by atoms with Crippen LogP contribution in [0.5, 0.6) is 0 Å². The molecule has 0 aromatic heterocycles. The van der Waals surface area contributed by atoms with E-state index in [1.54, 1.807) is 0 Å². The van der Waals surface area contributed by atoms with Gasteiger partial charge in [-0.3, -0.25) is 4.79 Å². The van der Waals surface area contributed by atoms with Crippen LogP contribution in [0.4, 0.5) is 13.2 Å². The number of rotatable bonds is 0. The van der Waals surface area contributed by atoms with Crippen molar-refractivity contribution in [2.75, 3.05) is 13.6 Å². The van der Waals surface area contributed by atoms with Crippen molar-refractivity contribution in [1.29, 1.82) is 0 Å². The molecule has 1 rings (SSSR count). The van der Waals surface area contributed by atoms with Crippen molar-refractivity contribution in [3.8, 4) is 0 Å². The Kier molecular flexibility index (Phi) is 3.18. The topological polar surface area (TPSA) is 20.3 Å². The molecule has 80 valence electrons. The van der Waals surface area contributed by atoms with Crippen LogP contribution in [0.3, 0.4) is 0 Å². The van der Waals surface area contributed by atoms with Gasteiger partial charge in [-0.15, -0.1) is 0 Å². The number of halogens is 3. The van der Waals surface area contributed by atoms with Gasteiger partial charge in [-0.05, 0) is 19.3 Å².